The van der Waals surface area contributed by atoms with Crippen LogP contribution in [0.5, 0.6) is 0 Å². The van der Waals surface area contributed by atoms with Crippen molar-refractivity contribution in [2.75, 3.05) is 39.8 Å². The number of carbonyl (C=O) groups is 1. The minimum absolute atomic E-state index is 0.168. The largest absolute Gasteiger partial charge is 0.366 e. The maximum absolute atomic E-state index is 11.8. The van der Waals surface area contributed by atoms with Crippen LogP contribution in [0.4, 0.5) is 0 Å². The monoisotopic (exact) mass is 226 g/mol. The zero-order valence-corrected chi connectivity index (χ0v) is 10.3. The Balaban J connectivity index is 1.64. The number of rotatable bonds is 3. The molecule has 0 aromatic rings. The van der Waals surface area contributed by atoms with E-state index in [1.165, 1.54) is 0 Å². The average Bonchev–Trinajstić information content (AvgIpc) is 2.23. The lowest BCUT2D eigenvalue weighted by atomic mass is 9.99. The highest BCUT2D eigenvalue weighted by atomic mass is 16.5. The van der Waals surface area contributed by atoms with E-state index in [0.29, 0.717) is 0 Å². The Morgan fingerprint density at radius 2 is 1.94 bits per heavy atom. The van der Waals surface area contributed by atoms with Gasteiger partial charge in [0.1, 0.15) is 6.61 Å². The molecule has 92 valence electrons. The molecular formula is C12H22N2O2. The Labute approximate surface area is 97.5 Å². The molecule has 0 spiro atoms. The first-order valence-electron chi connectivity index (χ1n) is 6.23. The molecule has 0 N–H and O–H groups in total. The lowest BCUT2D eigenvalue weighted by molar-refractivity contribution is -0.143. The van der Waals surface area contributed by atoms with E-state index in [-0.39, 0.29) is 18.6 Å². The van der Waals surface area contributed by atoms with Crippen molar-refractivity contribution in [2.45, 2.75) is 25.9 Å². The standard InChI is InChI=1S/C12H22N2O2/c1-10-3-5-14(6-4-10)12(15)9-16-11-7-13(2)8-11/h10-11H,3-9H2,1-2H3. The van der Waals surface area contributed by atoms with Crippen molar-refractivity contribution in [2.24, 2.45) is 5.92 Å². The molecule has 0 bridgehead atoms. The topological polar surface area (TPSA) is 32.8 Å². The summed E-state index contributed by atoms with van der Waals surface area (Å²) in [6, 6.07) is 0. The molecule has 1 amide bonds. The fourth-order valence-electron chi connectivity index (χ4n) is 2.29. The summed E-state index contributed by atoms with van der Waals surface area (Å²) in [5, 5.41) is 0. The van der Waals surface area contributed by atoms with Crippen LogP contribution in [0.1, 0.15) is 19.8 Å². The average molecular weight is 226 g/mol. The van der Waals surface area contributed by atoms with E-state index in [9.17, 15) is 4.79 Å². The third-order valence-corrected chi connectivity index (χ3v) is 3.61. The fraction of sp³-hybridized carbons (Fsp3) is 0.917. The molecule has 2 rings (SSSR count). The summed E-state index contributed by atoms with van der Waals surface area (Å²) in [6.07, 6.45) is 2.55. The van der Waals surface area contributed by atoms with Gasteiger partial charge in [0.15, 0.2) is 0 Å². The van der Waals surface area contributed by atoms with Crippen molar-refractivity contribution in [1.29, 1.82) is 0 Å². The third kappa shape index (κ3) is 2.95. The van der Waals surface area contributed by atoms with Crippen LogP contribution >= 0.6 is 0 Å². The van der Waals surface area contributed by atoms with Gasteiger partial charge in [0.25, 0.3) is 0 Å². The predicted octanol–water partition coefficient (Wildman–Crippen LogP) is 0.575. The quantitative estimate of drug-likeness (QED) is 0.705. The summed E-state index contributed by atoms with van der Waals surface area (Å²) in [5.41, 5.74) is 0. The van der Waals surface area contributed by atoms with Crippen molar-refractivity contribution in [3.05, 3.63) is 0 Å². The second-order valence-corrected chi connectivity index (χ2v) is 5.22. The normalized spacial score (nSPS) is 24.5. The summed E-state index contributed by atoms with van der Waals surface area (Å²) in [4.78, 5) is 16.0. The first kappa shape index (κ1) is 11.9. The van der Waals surface area contributed by atoms with Crippen molar-refractivity contribution < 1.29 is 9.53 Å². The van der Waals surface area contributed by atoms with E-state index in [4.69, 9.17) is 4.74 Å². The van der Waals surface area contributed by atoms with Crippen LogP contribution in [-0.2, 0) is 9.53 Å². The van der Waals surface area contributed by atoms with Gasteiger partial charge in [-0.15, -0.1) is 0 Å². The second kappa shape index (κ2) is 5.15. The van der Waals surface area contributed by atoms with Crippen molar-refractivity contribution >= 4 is 5.91 Å². The van der Waals surface area contributed by atoms with Crippen LogP contribution in [0, 0.1) is 5.92 Å². The summed E-state index contributed by atoms with van der Waals surface area (Å²) in [6.45, 7) is 6.27. The highest BCUT2D eigenvalue weighted by Gasteiger charge is 2.26. The van der Waals surface area contributed by atoms with Gasteiger partial charge in [-0.2, -0.15) is 0 Å². The number of piperidine rings is 1. The van der Waals surface area contributed by atoms with Crippen LogP contribution in [0.3, 0.4) is 0 Å². The van der Waals surface area contributed by atoms with E-state index >= 15 is 0 Å². The number of likely N-dealkylation sites (N-methyl/N-ethyl adjacent to an activating group) is 1. The molecule has 0 aliphatic carbocycles. The molecule has 2 saturated heterocycles. The van der Waals surface area contributed by atoms with Gasteiger partial charge < -0.3 is 14.5 Å². The SMILES string of the molecule is CC1CCN(C(=O)COC2CN(C)C2)CC1. The molecule has 0 aromatic heterocycles. The molecule has 0 aromatic carbocycles. The van der Waals surface area contributed by atoms with Crippen LogP contribution < -0.4 is 0 Å². The molecule has 2 aliphatic rings. The Hall–Kier alpha value is -0.610. The molecule has 0 atom stereocenters. The van der Waals surface area contributed by atoms with Crippen LogP contribution in [0.15, 0.2) is 0 Å². The van der Waals surface area contributed by atoms with Crippen molar-refractivity contribution in [3.8, 4) is 0 Å². The highest BCUT2D eigenvalue weighted by molar-refractivity contribution is 5.77. The van der Waals surface area contributed by atoms with Gasteiger partial charge in [0.2, 0.25) is 5.91 Å². The van der Waals surface area contributed by atoms with E-state index in [1.54, 1.807) is 0 Å². The van der Waals surface area contributed by atoms with E-state index in [2.05, 4.69) is 18.9 Å². The van der Waals surface area contributed by atoms with Gasteiger partial charge in [-0.1, -0.05) is 6.92 Å². The number of likely N-dealkylation sites (tertiary alicyclic amines) is 2. The summed E-state index contributed by atoms with van der Waals surface area (Å²) >= 11 is 0. The van der Waals surface area contributed by atoms with Crippen molar-refractivity contribution in [1.82, 2.24) is 9.80 Å². The Bertz CT molecular complexity index is 243. The molecule has 2 fully saturated rings. The Morgan fingerprint density at radius 3 is 2.50 bits per heavy atom. The number of hydrogen-bond acceptors (Lipinski definition) is 3. The molecule has 16 heavy (non-hydrogen) atoms. The van der Waals surface area contributed by atoms with E-state index in [0.717, 1.165) is 44.9 Å². The number of amides is 1. The maximum atomic E-state index is 11.8. The van der Waals surface area contributed by atoms with Gasteiger partial charge in [0, 0.05) is 26.2 Å². The molecule has 0 saturated carbocycles. The summed E-state index contributed by atoms with van der Waals surface area (Å²) in [5.74, 6) is 0.937. The van der Waals surface area contributed by atoms with Gasteiger partial charge in [-0.25, -0.2) is 0 Å². The molecule has 4 nitrogen and oxygen atoms in total. The van der Waals surface area contributed by atoms with Crippen LogP contribution in [0.25, 0.3) is 0 Å². The molecule has 0 unspecified atom stereocenters. The van der Waals surface area contributed by atoms with Gasteiger partial charge in [-0.05, 0) is 25.8 Å². The number of hydrogen-bond donors (Lipinski definition) is 0. The number of nitrogens with zero attached hydrogens (tertiary/aromatic N) is 2. The van der Waals surface area contributed by atoms with E-state index < -0.39 is 0 Å². The van der Waals surface area contributed by atoms with Crippen molar-refractivity contribution in [3.63, 3.8) is 0 Å². The summed E-state index contributed by atoms with van der Waals surface area (Å²) < 4.78 is 5.56. The third-order valence-electron chi connectivity index (χ3n) is 3.61. The van der Waals surface area contributed by atoms with Gasteiger partial charge >= 0.3 is 0 Å². The Morgan fingerprint density at radius 1 is 1.31 bits per heavy atom. The number of carbonyl (C=O) groups excluding carboxylic acids is 1. The molecule has 4 heteroatoms. The minimum atomic E-state index is 0.168. The predicted molar refractivity (Wildman–Crippen MR) is 62.2 cm³/mol. The molecule has 2 heterocycles. The molecular weight excluding hydrogens is 204 g/mol. The first-order valence-corrected chi connectivity index (χ1v) is 6.23. The Kier molecular flexibility index (Phi) is 3.82. The molecule has 2 aliphatic heterocycles. The fourth-order valence-corrected chi connectivity index (χ4v) is 2.29. The summed E-state index contributed by atoms with van der Waals surface area (Å²) in [7, 11) is 2.06. The second-order valence-electron chi connectivity index (χ2n) is 5.22. The molecule has 0 radical (unpaired) electrons. The lowest BCUT2D eigenvalue weighted by Crippen LogP contribution is -2.51. The zero-order valence-electron chi connectivity index (χ0n) is 10.3. The first-order chi connectivity index (χ1) is 7.65. The van der Waals surface area contributed by atoms with Crippen LogP contribution in [-0.4, -0.2) is 61.6 Å². The number of ether oxygens (including phenoxy) is 1. The van der Waals surface area contributed by atoms with Gasteiger partial charge in [-0.3, -0.25) is 4.79 Å². The minimum Gasteiger partial charge on any atom is -0.366 e. The van der Waals surface area contributed by atoms with Crippen LogP contribution in [0.2, 0.25) is 0 Å². The van der Waals surface area contributed by atoms with E-state index in [1.807, 2.05) is 4.90 Å². The lowest BCUT2D eigenvalue weighted by Gasteiger charge is -2.36. The van der Waals surface area contributed by atoms with Gasteiger partial charge in [0.05, 0.1) is 6.10 Å². The highest BCUT2D eigenvalue weighted by Crippen LogP contribution is 2.16. The smallest absolute Gasteiger partial charge is 0.248 e. The maximum Gasteiger partial charge on any atom is 0.248 e. The zero-order chi connectivity index (χ0) is 11.5.